The first-order chi connectivity index (χ1) is 4.93. The van der Waals surface area contributed by atoms with Crippen LogP contribution >= 0.6 is 0 Å². The maximum Gasteiger partial charge on any atom is 0.0556 e. The average molecular weight is 160 g/mol. The first-order valence-corrected chi connectivity index (χ1v) is 3.98. The molecule has 0 amide bonds. The molecule has 0 aromatic rings. The van der Waals surface area contributed by atoms with Gasteiger partial charge < -0.3 is 15.7 Å². The van der Waals surface area contributed by atoms with Gasteiger partial charge >= 0.3 is 0 Å². The van der Waals surface area contributed by atoms with Gasteiger partial charge in [0.1, 0.15) is 0 Å². The molecule has 1 heterocycles. The number of aliphatic hydroxyl groups excluding tert-OH is 1. The quantitative estimate of drug-likeness (QED) is 0.542. The maximum atomic E-state index is 8.52. The van der Waals surface area contributed by atoms with Gasteiger partial charge in [-0.15, -0.1) is 0 Å². The topological polar surface area (TPSA) is 44.3 Å². The van der Waals surface area contributed by atoms with Crippen molar-refractivity contribution in [2.45, 2.75) is 26.3 Å². The van der Waals surface area contributed by atoms with Gasteiger partial charge in [0.25, 0.3) is 0 Å². The van der Waals surface area contributed by atoms with Crippen LogP contribution in [0, 0.1) is 0 Å². The van der Waals surface area contributed by atoms with E-state index >= 15 is 0 Å². The highest BCUT2D eigenvalue weighted by Crippen LogP contribution is 2.00. The molecule has 11 heavy (non-hydrogen) atoms. The molecule has 0 spiro atoms. The van der Waals surface area contributed by atoms with Crippen molar-refractivity contribution in [2.75, 3.05) is 26.2 Å². The fourth-order valence-corrected chi connectivity index (χ4v) is 1.29. The van der Waals surface area contributed by atoms with Crippen molar-refractivity contribution in [2.24, 2.45) is 0 Å². The molecular formula is C8H20N2O. The van der Waals surface area contributed by atoms with Gasteiger partial charge in [0.05, 0.1) is 6.61 Å². The SMILES string of the molecule is C.OCCNC1CCNCC1. The summed E-state index contributed by atoms with van der Waals surface area (Å²) in [6, 6.07) is 0.633. The van der Waals surface area contributed by atoms with E-state index in [9.17, 15) is 0 Å². The van der Waals surface area contributed by atoms with Gasteiger partial charge in [-0.3, -0.25) is 0 Å². The smallest absolute Gasteiger partial charge is 0.0556 e. The molecular weight excluding hydrogens is 140 g/mol. The Kier molecular flexibility index (Phi) is 6.51. The van der Waals surface area contributed by atoms with Crippen LogP contribution in [0.15, 0.2) is 0 Å². The van der Waals surface area contributed by atoms with Gasteiger partial charge in [-0.1, -0.05) is 7.43 Å². The van der Waals surface area contributed by atoms with Gasteiger partial charge in [-0.25, -0.2) is 0 Å². The van der Waals surface area contributed by atoms with E-state index in [1.54, 1.807) is 0 Å². The summed E-state index contributed by atoms with van der Waals surface area (Å²) in [6.07, 6.45) is 2.39. The second-order valence-electron chi connectivity index (χ2n) is 2.70. The Morgan fingerprint density at radius 3 is 2.55 bits per heavy atom. The number of rotatable bonds is 3. The van der Waals surface area contributed by atoms with Gasteiger partial charge in [0.15, 0.2) is 0 Å². The van der Waals surface area contributed by atoms with Crippen molar-refractivity contribution in [1.82, 2.24) is 10.6 Å². The lowest BCUT2D eigenvalue weighted by Gasteiger charge is -2.23. The van der Waals surface area contributed by atoms with Crippen LogP contribution in [0.3, 0.4) is 0 Å². The van der Waals surface area contributed by atoms with E-state index in [4.69, 9.17) is 5.11 Å². The zero-order valence-corrected chi connectivity index (χ0v) is 6.27. The third kappa shape index (κ3) is 4.35. The molecule has 1 aliphatic heterocycles. The van der Waals surface area contributed by atoms with Gasteiger partial charge in [0, 0.05) is 12.6 Å². The Bertz CT molecular complexity index is 82.2. The lowest BCUT2D eigenvalue weighted by atomic mass is 10.1. The monoisotopic (exact) mass is 160 g/mol. The first-order valence-electron chi connectivity index (χ1n) is 3.98. The van der Waals surface area contributed by atoms with Crippen LogP contribution in [0.1, 0.15) is 20.3 Å². The number of hydrogen-bond donors (Lipinski definition) is 3. The van der Waals surface area contributed by atoms with Crippen molar-refractivity contribution in [3.63, 3.8) is 0 Å². The Balaban J connectivity index is 0.000001000. The van der Waals surface area contributed by atoms with Crippen LogP contribution in [-0.2, 0) is 0 Å². The molecule has 0 saturated carbocycles. The van der Waals surface area contributed by atoms with E-state index in [0.717, 1.165) is 19.6 Å². The summed E-state index contributed by atoms with van der Waals surface area (Å²) in [4.78, 5) is 0. The van der Waals surface area contributed by atoms with Crippen molar-refractivity contribution in [3.8, 4) is 0 Å². The van der Waals surface area contributed by atoms with Crippen molar-refractivity contribution in [3.05, 3.63) is 0 Å². The number of nitrogens with one attached hydrogen (secondary N) is 2. The van der Waals surface area contributed by atoms with Gasteiger partial charge in [-0.05, 0) is 25.9 Å². The fourth-order valence-electron chi connectivity index (χ4n) is 1.29. The van der Waals surface area contributed by atoms with Crippen LogP contribution in [0.25, 0.3) is 0 Å². The molecule has 1 aliphatic rings. The van der Waals surface area contributed by atoms with Crippen LogP contribution in [0.5, 0.6) is 0 Å². The minimum atomic E-state index is 0. The summed E-state index contributed by atoms with van der Waals surface area (Å²) in [7, 11) is 0. The van der Waals surface area contributed by atoms with Crippen molar-refractivity contribution >= 4 is 0 Å². The molecule has 0 aromatic heterocycles. The van der Waals surface area contributed by atoms with E-state index in [-0.39, 0.29) is 14.0 Å². The van der Waals surface area contributed by atoms with Gasteiger partial charge in [0.2, 0.25) is 0 Å². The van der Waals surface area contributed by atoms with E-state index < -0.39 is 0 Å². The number of piperidine rings is 1. The highest BCUT2D eigenvalue weighted by molar-refractivity contribution is 4.73. The van der Waals surface area contributed by atoms with E-state index in [2.05, 4.69) is 10.6 Å². The summed E-state index contributed by atoms with van der Waals surface area (Å²) in [6.45, 7) is 3.22. The van der Waals surface area contributed by atoms with Crippen molar-refractivity contribution < 1.29 is 5.11 Å². The van der Waals surface area contributed by atoms with Crippen LogP contribution < -0.4 is 10.6 Å². The molecule has 3 heteroatoms. The molecule has 3 N–H and O–H groups in total. The Labute approximate surface area is 69.2 Å². The summed E-state index contributed by atoms with van der Waals surface area (Å²) < 4.78 is 0. The average Bonchev–Trinajstić information content (AvgIpc) is 2.03. The second-order valence-corrected chi connectivity index (χ2v) is 2.70. The molecule has 0 unspecified atom stereocenters. The lowest BCUT2D eigenvalue weighted by molar-refractivity contribution is 0.274. The molecule has 68 valence electrons. The summed E-state index contributed by atoms with van der Waals surface area (Å²) in [5.74, 6) is 0. The highest BCUT2D eigenvalue weighted by Gasteiger charge is 2.10. The minimum absolute atomic E-state index is 0. The molecule has 0 aromatic carbocycles. The zero-order valence-electron chi connectivity index (χ0n) is 6.27. The Hall–Kier alpha value is -0.120. The van der Waals surface area contributed by atoms with Crippen LogP contribution in [-0.4, -0.2) is 37.4 Å². The predicted octanol–water partition coefficient (Wildman–Crippen LogP) is -0.0436. The second kappa shape index (κ2) is 6.58. The first kappa shape index (κ1) is 10.9. The molecule has 1 saturated heterocycles. The third-order valence-corrected chi connectivity index (χ3v) is 1.88. The third-order valence-electron chi connectivity index (χ3n) is 1.88. The normalized spacial score (nSPS) is 19.4. The van der Waals surface area contributed by atoms with E-state index in [1.807, 2.05) is 0 Å². The molecule has 1 rings (SSSR count). The zero-order chi connectivity index (χ0) is 7.23. The van der Waals surface area contributed by atoms with Crippen LogP contribution in [0.2, 0.25) is 0 Å². The molecule has 0 radical (unpaired) electrons. The van der Waals surface area contributed by atoms with E-state index in [0.29, 0.717) is 6.04 Å². The highest BCUT2D eigenvalue weighted by atomic mass is 16.3. The number of hydrogen-bond acceptors (Lipinski definition) is 3. The Morgan fingerprint density at radius 1 is 1.36 bits per heavy atom. The minimum Gasteiger partial charge on any atom is -0.395 e. The standard InChI is InChI=1S/C7H16N2O.CH4/c10-6-5-9-7-1-3-8-4-2-7;/h7-10H,1-6H2;1H4. The van der Waals surface area contributed by atoms with E-state index in [1.165, 1.54) is 12.8 Å². The molecule has 0 aliphatic carbocycles. The molecule has 0 atom stereocenters. The maximum absolute atomic E-state index is 8.52. The van der Waals surface area contributed by atoms with Crippen LogP contribution in [0.4, 0.5) is 0 Å². The molecule has 0 bridgehead atoms. The predicted molar refractivity (Wildman–Crippen MR) is 47.7 cm³/mol. The molecule has 1 fully saturated rings. The number of aliphatic hydroxyl groups is 1. The lowest BCUT2D eigenvalue weighted by Crippen LogP contribution is -2.40. The largest absolute Gasteiger partial charge is 0.395 e. The summed E-state index contributed by atoms with van der Waals surface area (Å²) in [5.41, 5.74) is 0. The fraction of sp³-hybridized carbons (Fsp3) is 1.00. The molecule has 3 nitrogen and oxygen atoms in total. The van der Waals surface area contributed by atoms with Crippen molar-refractivity contribution in [1.29, 1.82) is 0 Å². The van der Waals surface area contributed by atoms with Gasteiger partial charge in [-0.2, -0.15) is 0 Å². The summed E-state index contributed by atoms with van der Waals surface area (Å²) in [5, 5.41) is 15.1. The Morgan fingerprint density at radius 2 is 2.00 bits per heavy atom. The summed E-state index contributed by atoms with van der Waals surface area (Å²) >= 11 is 0.